The van der Waals surface area contributed by atoms with Crippen LogP contribution in [0.4, 0.5) is 10.1 Å². The summed E-state index contributed by atoms with van der Waals surface area (Å²) in [4.78, 5) is 15.0. The Morgan fingerprint density at radius 1 is 1.07 bits per heavy atom. The lowest BCUT2D eigenvalue weighted by Crippen LogP contribution is -3.28. The highest BCUT2D eigenvalue weighted by atomic mass is 35.5. The number of carbonyl (C=O) groups excluding carboxylic acids is 1. The van der Waals surface area contributed by atoms with Gasteiger partial charge in [0, 0.05) is 5.69 Å². The van der Waals surface area contributed by atoms with Gasteiger partial charge in [0.15, 0.2) is 6.54 Å². The van der Waals surface area contributed by atoms with E-state index in [9.17, 15) is 9.18 Å². The summed E-state index contributed by atoms with van der Waals surface area (Å²) in [7, 11) is 0. The van der Waals surface area contributed by atoms with Crippen molar-refractivity contribution in [1.29, 1.82) is 0 Å². The molecular formula is C21H27ClFN3O+2. The van der Waals surface area contributed by atoms with Crippen molar-refractivity contribution >= 4 is 23.2 Å². The molecule has 0 bridgehead atoms. The van der Waals surface area contributed by atoms with Gasteiger partial charge in [-0.15, -0.1) is 0 Å². The molecule has 1 heterocycles. The maximum absolute atomic E-state index is 14.0. The number of benzene rings is 2. The van der Waals surface area contributed by atoms with E-state index in [4.69, 9.17) is 11.6 Å². The Labute approximate surface area is 164 Å². The molecule has 0 saturated carbocycles. The maximum atomic E-state index is 14.0. The zero-order valence-corrected chi connectivity index (χ0v) is 16.6. The number of hydrogen-bond acceptors (Lipinski definition) is 1. The van der Waals surface area contributed by atoms with Crippen LogP contribution in [0.1, 0.15) is 16.7 Å². The minimum atomic E-state index is -0.238. The zero-order valence-electron chi connectivity index (χ0n) is 15.9. The summed E-state index contributed by atoms with van der Waals surface area (Å²) in [6.07, 6.45) is 0. The number of nitrogens with one attached hydrogen (secondary N) is 3. The van der Waals surface area contributed by atoms with Crippen LogP contribution in [-0.4, -0.2) is 38.6 Å². The second-order valence-electron chi connectivity index (χ2n) is 7.35. The van der Waals surface area contributed by atoms with Gasteiger partial charge in [0.25, 0.3) is 5.91 Å². The molecule has 0 aliphatic carbocycles. The summed E-state index contributed by atoms with van der Waals surface area (Å²) in [5, 5.41) is 3.52. The molecule has 0 aromatic heterocycles. The van der Waals surface area contributed by atoms with Gasteiger partial charge in [0.2, 0.25) is 0 Å². The van der Waals surface area contributed by atoms with Crippen molar-refractivity contribution < 1.29 is 19.0 Å². The van der Waals surface area contributed by atoms with E-state index in [1.54, 1.807) is 12.1 Å². The van der Waals surface area contributed by atoms with Crippen LogP contribution in [0, 0.1) is 19.7 Å². The average molecular weight is 392 g/mol. The molecule has 1 fully saturated rings. The Kier molecular flexibility index (Phi) is 6.47. The number of anilines is 1. The van der Waals surface area contributed by atoms with E-state index in [1.807, 2.05) is 32.0 Å². The lowest BCUT2D eigenvalue weighted by Gasteiger charge is -2.29. The molecule has 1 aliphatic rings. The number of quaternary nitrogens is 2. The molecule has 27 heavy (non-hydrogen) atoms. The average Bonchev–Trinajstić information content (AvgIpc) is 2.63. The molecule has 1 amide bonds. The van der Waals surface area contributed by atoms with Gasteiger partial charge >= 0.3 is 0 Å². The van der Waals surface area contributed by atoms with E-state index in [0.29, 0.717) is 23.7 Å². The normalized spacial score (nSPS) is 19.7. The van der Waals surface area contributed by atoms with Crippen LogP contribution in [0.3, 0.4) is 0 Å². The van der Waals surface area contributed by atoms with Crippen molar-refractivity contribution in [3.63, 3.8) is 0 Å². The van der Waals surface area contributed by atoms with Crippen LogP contribution in [0.15, 0.2) is 36.4 Å². The fraction of sp³-hybridized carbons (Fsp3) is 0.381. The zero-order chi connectivity index (χ0) is 19.4. The van der Waals surface area contributed by atoms with Crippen molar-refractivity contribution in [3.8, 4) is 0 Å². The van der Waals surface area contributed by atoms with Crippen LogP contribution >= 0.6 is 11.6 Å². The first-order chi connectivity index (χ1) is 12.9. The predicted octanol–water partition coefficient (Wildman–Crippen LogP) is 1.02. The third kappa shape index (κ3) is 5.06. The number of hydrogen-bond donors (Lipinski definition) is 3. The number of aryl methyl sites for hydroxylation is 1. The van der Waals surface area contributed by atoms with Crippen molar-refractivity contribution in [2.45, 2.75) is 20.4 Å². The first-order valence-electron chi connectivity index (χ1n) is 9.40. The smallest absolute Gasteiger partial charge is 0.279 e. The summed E-state index contributed by atoms with van der Waals surface area (Å²) in [6.45, 7) is 8.69. The number of rotatable bonds is 5. The molecule has 6 heteroatoms. The minimum Gasteiger partial charge on any atom is -0.322 e. The summed E-state index contributed by atoms with van der Waals surface area (Å²) in [6, 6.07) is 10.8. The Balaban J connectivity index is 1.49. The number of halogens is 2. The molecule has 3 rings (SSSR count). The van der Waals surface area contributed by atoms with Gasteiger partial charge in [-0.2, -0.15) is 0 Å². The van der Waals surface area contributed by atoms with Crippen molar-refractivity contribution in [2.24, 2.45) is 0 Å². The third-order valence-corrected chi connectivity index (χ3v) is 5.80. The fourth-order valence-electron chi connectivity index (χ4n) is 3.57. The standard InChI is InChI=1S/C21H25ClFN3O/c1-15-5-3-8-20(16(15)2)24-21(27)14-26-11-9-25(10-12-26)13-17-18(22)6-4-7-19(17)23/h3-8H,9-14H2,1-2H3,(H,24,27)/p+2. The highest BCUT2D eigenvalue weighted by molar-refractivity contribution is 6.31. The Morgan fingerprint density at radius 2 is 1.74 bits per heavy atom. The van der Waals surface area contributed by atoms with Crippen LogP contribution in [0.5, 0.6) is 0 Å². The summed E-state index contributed by atoms with van der Waals surface area (Å²) in [5.41, 5.74) is 3.75. The number of carbonyl (C=O) groups is 1. The number of piperazine rings is 1. The first-order valence-corrected chi connectivity index (χ1v) is 9.78. The molecule has 1 aliphatic heterocycles. The Bertz CT molecular complexity index is 799. The largest absolute Gasteiger partial charge is 0.322 e. The van der Waals surface area contributed by atoms with E-state index >= 15 is 0 Å². The monoisotopic (exact) mass is 391 g/mol. The van der Waals surface area contributed by atoms with Gasteiger partial charge in [-0.3, -0.25) is 4.79 Å². The molecule has 2 aromatic rings. The van der Waals surface area contributed by atoms with Crippen LogP contribution in [0.25, 0.3) is 0 Å². The van der Waals surface area contributed by atoms with E-state index < -0.39 is 0 Å². The van der Waals surface area contributed by atoms with E-state index in [2.05, 4.69) is 5.32 Å². The maximum Gasteiger partial charge on any atom is 0.279 e. The summed E-state index contributed by atoms with van der Waals surface area (Å²) in [5.74, 6) is -0.197. The first kappa shape index (κ1) is 19.8. The van der Waals surface area contributed by atoms with Gasteiger partial charge < -0.3 is 15.1 Å². The van der Waals surface area contributed by atoms with Gasteiger partial charge in [0.05, 0.1) is 10.6 Å². The lowest BCUT2D eigenvalue weighted by atomic mass is 10.1. The molecule has 3 N–H and O–H groups in total. The van der Waals surface area contributed by atoms with Crippen molar-refractivity contribution in [2.75, 3.05) is 38.0 Å². The summed E-state index contributed by atoms with van der Waals surface area (Å²) < 4.78 is 14.0. The second kappa shape index (κ2) is 8.83. The SMILES string of the molecule is Cc1cccc(NC(=O)C[NH+]2CC[NH+](Cc3c(F)cccc3Cl)CC2)c1C. The van der Waals surface area contributed by atoms with Crippen molar-refractivity contribution in [3.05, 3.63) is 63.9 Å². The third-order valence-electron chi connectivity index (χ3n) is 5.44. The molecular weight excluding hydrogens is 365 g/mol. The predicted molar refractivity (Wildman–Crippen MR) is 106 cm³/mol. The highest BCUT2D eigenvalue weighted by Gasteiger charge is 2.26. The van der Waals surface area contributed by atoms with Gasteiger partial charge in [-0.1, -0.05) is 29.8 Å². The number of amides is 1. The minimum absolute atomic E-state index is 0.0410. The topological polar surface area (TPSA) is 38.0 Å². The molecule has 4 nitrogen and oxygen atoms in total. The van der Waals surface area contributed by atoms with E-state index in [0.717, 1.165) is 37.4 Å². The lowest BCUT2D eigenvalue weighted by molar-refractivity contribution is -1.02. The van der Waals surface area contributed by atoms with Crippen molar-refractivity contribution in [1.82, 2.24) is 0 Å². The van der Waals surface area contributed by atoms with E-state index in [-0.39, 0.29) is 11.7 Å². The Morgan fingerprint density at radius 3 is 2.44 bits per heavy atom. The quantitative estimate of drug-likeness (QED) is 0.699. The molecule has 0 unspecified atom stereocenters. The molecule has 0 atom stereocenters. The van der Waals surface area contributed by atoms with Gasteiger partial charge in [-0.05, 0) is 43.2 Å². The van der Waals surface area contributed by atoms with E-state index in [1.165, 1.54) is 21.4 Å². The van der Waals surface area contributed by atoms with Crippen LogP contribution in [-0.2, 0) is 11.3 Å². The molecule has 0 spiro atoms. The van der Waals surface area contributed by atoms with Crippen LogP contribution < -0.4 is 15.1 Å². The van der Waals surface area contributed by atoms with Gasteiger partial charge in [-0.25, -0.2) is 4.39 Å². The second-order valence-corrected chi connectivity index (χ2v) is 7.76. The Hall–Kier alpha value is -1.95. The van der Waals surface area contributed by atoms with Crippen LogP contribution in [0.2, 0.25) is 5.02 Å². The highest BCUT2D eigenvalue weighted by Crippen LogP contribution is 2.18. The fourth-order valence-corrected chi connectivity index (χ4v) is 3.80. The molecule has 0 radical (unpaired) electrons. The van der Waals surface area contributed by atoms with Gasteiger partial charge in [0.1, 0.15) is 38.5 Å². The molecule has 2 aromatic carbocycles. The molecule has 144 valence electrons. The summed E-state index contributed by atoms with van der Waals surface area (Å²) >= 11 is 6.14. The molecule has 1 saturated heterocycles.